The van der Waals surface area contributed by atoms with Crippen LogP contribution < -0.4 is 4.74 Å². The molecule has 0 saturated carbocycles. The second-order valence-electron chi connectivity index (χ2n) is 4.50. The van der Waals surface area contributed by atoms with Crippen LogP contribution in [0.15, 0.2) is 18.2 Å². The van der Waals surface area contributed by atoms with E-state index < -0.39 is 4.92 Å². The second-order valence-corrected chi connectivity index (χ2v) is 4.85. The number of benzene rings is 1. The molecule has 2 aromatic rings. The number of aromatic nitrogens is 2. The molecule has 6 nitrogen and oxygen atoms in total. The molecule has 0 spiro atoms. The summed E-state index contributed by atoms with van der Waals surface area (Å²) >= 11 is 6.04. The third-order valence-corrected chi connectivity index (χ3v) is 3.36. The van der Waals surface area contributed by atoms with Crippen LogP contribution in [0.3, 0.4) is 0 Å². The van der Waals surface area contributed by atoms with E-state index in [4.69, 9.17) is 16.3 Å². The minimum Gasteiger partial charge on any atom is -0.431 e. The maximum atomic E-state index is 11.1. The molecule has 1 aromatic heterocycles. The van der Waals surface area contributed by atoms with Crippen LogP contribution in [0, 0.1) is 24.0 Å². The summed E-state index contributed by atoms with van der Waals surface area (Å²) in [5, 5.41) is 11.4. The van der Waals surface area contributed by atoms with Crippen molar-refractivity contribution in [3.63, 3.8) is 0 Å². The minimum absolute atomic E-state index is 0.109. The van der Waals surface area contributed by atoms with Gasteiger partial charge in [-0.2, -0.15) is 4.98 Å². The van der Waals surface area contributed by atoms with Crippen molar-refractivity contribution in [2.24, 2.45) is 0 Å². The Morgan fingerprint density at radius 3 is 2.67 bits per heavy atom. The highest BCUT2D eigenvalue weighted by molar-refractivity contribution is 6.30. The van der Waals surface area contributed by atoms with Crippen molar-refractivity contribution in [3.8, 4) is 11.6 Å². The molecule has 0 bridgehead atoms. The van der Waals surface area contributed by atoms with Crippen molar-refractivity contribution < 1.29 is 9.66 Å². The first-order chi connectivity index (χ1) is 9.93. The highest BCUT2D eigenvalue weighted by atomic mass is 35.5. The summed E-state index contributed by atoms with van der Waals surface area (Å²) in [6.45, 7) is 5.34. The molecule has 0 N–H and O–H groups in total. The van der Waals surface area contributed by atoms with Crippen molar-refractivity contribution in [1.82, 2.24) is 9.97 Å². The Bertz CT molecular complexity index is 704. The average Bonchev–Trinajstić information content (AvgIpc) is 2.45. The molecule has 21 heavy (non-hydrogen) atoms. The van der Waals surface area contributed by atoms with E-state index in [1.807, 2.05) is 6.92 Å². The van der Waals surface area contributed by atoms with Crippen molar-refractivity contribution in [3.05, 3.63) is 50.4 Å². The number of hydrogen-bond donors (Lipinski definition) is 0. The fourth-order valence-corrected chi connectivity index (χ4v) is 1.96. The first-order valence-electron chi connectivity index (χ1n) is 6.39. The summed E-state index contributed by atoms with van der Waals surface area (Å²) in [6, 6.07) is 4.74. The highest BCUT2D eigenvalue weighted by Gasteiger charge is 2.20. The lowest BCUT2D eigenvalue weighted by molar-refractivity contribution is -0.385. The molecule has 0 aliphatic heterocycles. The predicted molar refractivity (Wildman–Crippen MR) is 79.1 cm³/mol. The van der Waals surface area contributed by atoms with Gasteiger partial charge in [0, 0.05) is 18.1 Å². The van der Waals surface area contributed by atoms with Gasteiger partial charge in [0.05, 0.1) is 4.92 Å². The van der Waals surface area contributed by atoms with Crippen molar-refractivity contribution in [1.29, 1.82) is 0 Å². The minimum atomic E-state index is -0.485. The van der Waals surface area contributed by atoms with E-state index in [0.717, 1.165) is 0 Å². The largest absolute Gasteiger partial charge is 0.431 e. The number of ether oxygens (including phenoxy) is 1. The third kappa shape index (κ3) is 3.11. The SMILES string of the molecule is CCc1nc(Cl)c(C)c(Oc2c(C)cccc2[N+](=O)[O-])n1. The van der Waals surface area contributed by atoms with Crippen LogP contribution in [0.1, 0.15) is 23.9 Å². The molecule has 2 rings (SSSR count). The smallest absolute Gasteiger partial charge is 0.311 e. The fourth-order valence-electron chi connectivity index (χ4n) is 1.78. The standard InChI is InChI=1S/C14H14ClN3O3/c1-4-11-16-13(15)9(3)14(17-11)21-12-8(2)6-5-7-10(12)18(19)20/h5-7H,4H2,1-3H3. The molecular weight excluding hydrogens is 294 g/mol. The van der Waals surface area contributed by atoms with Crippen molar-refractivity contribution >= 4 is 17.3 Å². The number of nitro groups is 1. The van der Waals surface area contributed by atoms with Crippen LogP contribution >= 0.6 is 11.6 Å². The zero-order valence-electron chi connectivity index (χ0n) is 11.9. The van der Waals surface area contributed by atoms with Crippen LogP contribution in [0.4, 0.5) is 5.69 Å². The Hall–Kier alpha value is -2.21. The number of rotatable bonds is 4. The maximum Gasteiger partial charge on any atom is 0.311 e. The van der Waals surface area contributed by atoms with Gasteiger partial charge >= 0.3 is 5.69 Å². The summed E-state index contributed by atoms with van der Waals surface area (Å²) < 4.78 is 5.68. The summed E-state index contributed by atoms with van der Waals surface area (Å²) in [5.41, 5.74) is 1.09. The van der Waals surface area contributed by atoms with Gasteiger partial charge in [-0.15, -0.1) is 0 Å². The molecule has 0 saturated heterocycles. The molecule has 0 radical (unpaired) electrons. The quantitative estimate of drug-likeness (QED) is 0.484. The molecular formula is C14H14ClN3O3. The number of halogens is 1. The van der Waals surface area contributed by atoms with Crippen LogP contribution in [-0.2, 0) is 6.42 Å². The van der Waals surface area contributed by atoms with Crippen LogP contribution in [0.5, 0.6) is 11.6 Å². The van der Waals surface area contributed by atoms with E-state index in [9.17, 15) is 10.1 Å². The van der Waals surface area contributed by atoms with E-state index in [2.05, 4.69) is 9.97 Å². The van der Waals surface area contributed by atoms with Gasteiger partial charge in [-0.3, -0.25) is 10.1 Å². The van der Waals surface area contributed by atoms with Gasteiger partial charge in [0.2, 0.25) is 11.6 Å². The van der Waals surface area contributed by atoms with E-state index >= 15 is 0 Å². The molecule has 1 heterocycles. The van der Waals surface area contributed by atoms with Crippen molar-refractivity contribution in [2.75, 3.05) is 0 Å². The first-order valence-corrected chi connectivity index (χ1v) is 6.76. The number of nitrogens with zero attached hydrogens (tertiary/aromatic N) is 3. The fraction of sp³-hybridized carbons (Fsp3) is 0.286. The molecule has 0 fully saturated rings. The van der Waals surface area contributed by atoms with Gasteiger partial charge in [-0.1, -0.05) is 30.7 Å². The monoisotopic (exact) mass is 307 g/mol. The second kappa shape index (κ2) is 6.05. The normalized spacial score (nSPS) is 10.5. The first kappa shape index (κ1) is 15.2. The topological polar surface area (TPSA) is 78.2 Å². The highest BCUT2D eigenvalue weighted by Crippen LogP contribution is 2.35. The molecule has 110 valence electrons. The average molecular weight is 308 g/mol. The molecule has 0 atom stereocenters. The Morgan fingerprint density at radius 1 is 1.33 bits per heavy atom. The zero-order valence-corrected chi connectivity index (χ0v) is 12.6. The maximum absolute atomic E-state index is 11.1. The molecule has 0 amide bonds. The van der Waals surface area contributed by atoms with Crippen LogP contribution in [-0.4, -0.2) is 14.9 Å². The summed E-state index contributed by atoms with van der Waals surface area (Å²) in [5.74, 6) is 0.934. The van der Waals surface area contributed by atoms with Gasteiger partial charge in [0.25, 0.3) is 0 Å². The van der Waals surface area contributed by atoms with Gasteiger partial charge < -0.3 is 4.74 Å². The summed E-state index contributed by atoms with van der Waals surface area (Å²) in [4.78, 5) is 19.0. The Morgan fingerprint density at radius 2 is 2.05 bits per heavy atom. The predicted octanol–water partition coefficient (Wildman–Crippen LogP) is 4.01. The number of aryl methyl sites for hydroxylation is 2. The molecule has 0 unspecified atom stereocenters. The number of nitro benzene ring substituents is 1. The zero-order chi connectivity index (χ0) is 15.6. The van der Waals surface area contributed by atoms with Crippen LogP contribution in [0.25, 0.3) is 0 Å². The van der Waals surface area contributed by atoms with E-state index in [-0.39, 0.29) is 22.5 Å². The summed E-state index contributed by atoms with van der Waals surface area (Å²) in [6.07, 6.45) is 0.590. The third-order valence-electron chi connectivity index (χ3n) is 2.99. The van der Waals surface area contributed by atoms with Crippen molar-refractivity contribution in [2.45, 2.75) is 27.2 Å². The van der Waals surface area contributed by atoms with Crippen LogP contribution in [0.2, 0.25) is 5.15 Å². The van der Waals surface area contributed by atoms with Gasteiger partial charge in [0.15, 0.2) is 0 Å². The lowest BCUT2D eigenvalue weighted by Crippen LogP contribution is -2.02. The molecule has 1 aromatic carbocycles. The van der Waals surface area contributed by atoms with Gasteiger partial charge in [-0.25, -0.2) is 4.98 Å². The lowest BCUT2D eigenvalue weighted by atomic mass is 10.2. The lowest BCUT2D eigenvalue weighted by Gasteiger charge is -2.11. The Kier molecular flexibility index (Phi) is 4.37. The van der Waals surface area contributed by atoms with E-state index in [1.54, 1.807) is 26.0 Å². The summed E-state index contributed by atoms with van der Waals surface area (Å²) in [7, 11) is 0. The molecule has 0 aliphatic carbocycles. The van der Waals surface area contributed by atoms with E-state index in [1.165, 1.54) is 6.07 Å². The Labute approximate surface area is 126 Å². The number of hydrogen-bond acceptors (Lipinski definition) is 5. The Balaban J connectivity index is 2.53. The number of para-hydroxylation sites is 1. The molecule has 0 aliphatic rings. The van der Waals surface area contributed by atoms with E-state index in [0.29, 0.717) is 23.4 Å². The van der Waals surface area contributed by atoms with Gasteiger partial charge in [-0.05, 0) is 19.4 Å². The molecule has 7 heteroatoms. The van der Waals surface area contributed by atoms with Gasteiger partial charge in [0.1, 0.15) is 11.0 Å².